The minimum absolute atomic E-state index is 0.0142. The molecule has 3 rings (SSSR count). The third kappa shape index (κ3) is 3.06. The lowest BCUT2D eigenvalue weighted by molar-refractivity contribution is -0.136. The Morgan fingerprint density at radius 2 is 1.62 bits per heavy atom. The average molecular weight is 330 g/mol. The number of carbonyl (C=O) groups excluding carboxylic acids is 3. The molecule has 0 atom stereocenters. The molecule has 0 bridgehead atoms. The molecule has 1 fully saturated rings. The highest BCUT2D eigenvalue weighted by molar-refractivity contribution is 6.21. The minimum Gasteiger partial charge on any atom is -0.368 e. The molecule has 1 aliphatic heterocycles. The predicted molar refractivity (Wildman–Crippen MR) is 87.6 cm³/mol. The topological polar surface area (TPSA) is 66.9 Å². The Labute approximate surface area is 141 Å². The summed E-state index contributed by atoms with van der Waals surface area (Å²) in [5.41, 5.74) is 0.995. The van der Waals surface area contributed by atoms with E-state index in [0.29, 0.717) is 24.0 Å². The normalized spacial score (nSPS) is 23.3. The van der Waals surface area contributed by atoms with E-state index in [1.165, 1.54) is 9.80 Å². The Morgan fingerprint density at radius 1 is 1.08 bits per heavy atom. The number of fused-ring (bicyclic) bond motifs is 1. The number of likely N-dealkylation sites (N-methyl/N-ethyl adjacent to an activating group) is 1. The van der Waals surface area contributed by atoms with Crippen LogP contribution in [0.1, 0.15) is 46.4 Å². The second-order valence-corrected chi connectivity index (χ2v) is 6.56. The smallest absolute Gasteiger partial charge is 0.261 e. The number of carbonyl (C=O) groups is 3. The molecule has 0 unspecified atom stereocenters. The number of rotatable bonds is 4. The van der Waals surface area contributed by atoms with Gasteiger partial charge in [0.15, 0.2) is 0 Å². The zero-order valence-corrected chi connectivity index (χ0v) is 14.0. The lowest BCUT2D eigenvalue weighted by Gasteiger charge is -2.33. The maximum atomic E-state index is 12.5. The number of amides is 3. The molecule has 0 radical (unpaired) electrons. The molecule has 1 heterocycles. The van der Waals surface area contributed by atoms with Gasteiger partial charge >= 0.3 is 0 Å². The fourth-order valence-corrected chi connectivity index (χ4v) is 3.33. The first-order valence-corrected chi connectivity index (χ1v) is 8.27. The summed E-state index contributed by atoms with van der Waals surface area (Å²) in [6.45, 7) is 0.0787. The summed E-state index contributed by atoms with van der Waals surface area (Å²) < 4.78 is 5.65. The molecule has 1 aromatic rings. The summed E-state index contributed by atoms with van der Waals surface area (Å²) in [7, 11) is 3.40. The van der Waals surface area contributed by atoms with Crippen molar-refractivity contribution in [3.05, 3.63) is 35.4 Å². The maximum absolute atomic E-state index is 12.5. The van der Waals surface area contributed by atoms with Crippen LogP contribution in [0.3, 0.4) is 0 Å². The largest absolute Gasteiger partial charge is 0.368 e. The van der Waals surface area contributed by atoms with Gasteiger partial charge < -0.3 is 9.64 Å². The van der Waals surface area contributed by atoms with E-state index in [4.69, 9.17) is 4.74 Å². The van der Waals surface area contributed by atoms with Crippen LogP contribution in [-0.4, -0.2) is 60.4 Å². The van der Waals surface area contributed by atoms with Gasteiger partial charge in [0.1, 0.15) is 6.61 Å². The Bertz CT molecular complexity index is 628. The number of ether oxygens (including phenoxy) is 1. The molecule has 1 saturated carbocycles. The predicted octanol–water partition coefficient (Wildman–Crippen LogP) is 1.70. The van der Waals surface area contributed by atoms with E-state index in [9.17, 15) is 14.4 Å². The first-order valence-electron chi connectivity index (χ1n) is 8.27. The number of nitrogens with zero attached hydrogens (tertiary/aromatic N) is 2. The van der Waals surface area contributed by atoms with Crippen LogP contribution < -0.4 is 0 Å². The fraction of sp³-hybridized carbons (Fsp3) is 0.500. The molecule has 0 N–H and O–H groups in total. The van der Waals surface area contributed by atoms with Gasteiger partial charge in [-0.05, 0) is 37.8 Å². The van der Waals surface area contributed by atoms with E-state index < -0.39 is 0 Å². The number of hydrogen-bond acceptors (Lipinski definition) is 4. The molecule has 1 aliphatic carbocycles. The van der Waals surface area contributed by atoms with Gasteiger partial charge in [-0.3, -0.25) is 19.3 Å². The van der Waals surface area contributed by atoms with Gasteiger partial charge in [-0.15, -0.1) is 0 Å². The second kappa shape index (κ2) is 6.73. The molecular weight excluding hydrogens is 308 g/mol. The fourth-order valence-electron chi connectivity index (χ4n) is 3.33. The van der Waals surface area contributed by atoms with Crippen molar-refractivity contribution in [1.82, 2.24) is 9.80 Å². The van der Waals surface area contributed by atoms with E-state index in [0.717, 1.165) is 12.8 Å². The molecule has 0 aromatic heterocycles. The summed E-state index contributed by atoms with van der Waals surface area (Å²) in [4.78, 5) is 39.5. The molecule has 0 spiro atoms. The second-order valence-electron chi connectivity index (χ2n) is 6.56. The lowest BCUT2D eigenvalue weighted by atomic mass is 9.92. The summed E-state index contributed by atoms with van der Waals surface area (Å²) in [5.74, 6) is -0.442. The monoisotopic (exact) mass is 330 g/mol. The van der Waals surface area contributed by atoms with Crippen LogP contribution in [0.4, 0.5) is 0 Å². The molecule has 128 valence electrons. The summed E-state index contributed by atoms with van der Waals surface area (Å²) in [5, 5.41) is 0. The van der Waals surface area contributed by atoms with Gasteiger partial charge in [0, 0.05) is 20.1 Å². The number of imide groups is 1. The molecule has 24 heavy (non-hydrogen) atoms. The van der Waals surface area contributed by atoms with Crippen LogP contribution in [0.15, 0.2) is 24.3 Å². The summed E-state index contributed by atoms with van der Waals surface area (Å²) in [6, 6.07) is 6.88. The van der Waals surface area contributed by atoms with Gasteiger partial charge in [0.2, 0.25) is 5.91 Å². The summed E-state index contributed by atoms with van der Waals surface area (Å²) >= 11 is 0. The van der Waals surface area contributed by atoms with Gasteiger partial charge in [-0.25, -0.2) is 0 Å². The highest BCUT2D eigenvalue weighted by atomic mass is 16.5. The van der Waals surface area contributed by atoms with Gasteiger partial charge in [-0.1, -0.05) is 12.1 Å². The maximum Gasteiger partial charge on any atom is 0.261 e. The summed E-state index contributed by atoms with van der Waals surface area (Å²) in [6.07, 6.45) is 2.94. The van der Waals surface area contributed by atoms with E-state index in [1.54, 1.807) is 38.4 Å². The molecule has 1 aromatic carbocycles. The third-order valence-corrected chi connectivity index (χ3v) is 4.78. The average Bonchev–Trinajstić information content (AvgIpc) is 2.85. The van der Waals surface area contributed by atoms with Crippen LogP contribution >= 0.6 is 0 Å². The van der Waals surface area contributed by atoms with Crippen molar-refractivity contribution in [3.63, 3.8) is 0 Å². The SMILES string of the molecule is CN(C)C(=O)COC1CCC(N2C(=O)c3ccccc3C2=O)CC1. The van der Waals surface area contributed by atoms with E-state index in [-0.39, 0.29) is 36.5 Å². The molecular formula is C18H22N2O4. The highest BCUT2D eigenvalue weighted by Crippen LogP contribution is 2.31. The van der Waals surface area contributed by atoms with Crippen molar-refractivity contribution in [2.75, 3.05) is 20.7 Å². The first kappa shape index (κ1) is 16.6. The quantitative estimate of drug-likeness (QED) is 0.788. The Kier molecular flexibility index (Phi) is 4.66. The van der Waals surface area contributed by atoms with Crippen molar-refractivity contribution >= 4 is 17.7 Å². The van der Waals surface area contributed by atoms with Crippen LogP contribution in [0.2, 0.25) is 0 Å². The van der Waals surface area contributed by atoms with E-state index >= 15 is 0 Å². The zero-order valence-electron chi connectivity index (χ0n) is 14.0. The highest BCUT2D eigenvalue weighted by Gasteiger charge is 2.40. The molecule has 0 saturated heterocycles. The molecule has 6 heteroatoms. The number of hydrogen-bond donors (Lipinski definition) is 0. The lowest BCUT2D eigenvalue weighted by Crippen LogP contribution is -2.43. The third-order valence-electron chi connectivity index (χ3n) is 4.78. The van der Waals surface area contributed by atoms with Gasteiger partial charge in [-0.2, -0.15) is 0 Å². The standard InChI is InChI=1S/C18H22N2O4/c1-19(2)16(21)11-24-13-9-7-12(8-10-13)20-17(22)14-5-3-4-6-15(14)18(20)23/h3-6,12-13H,7-11H2,1-2H3. The Hall–Kier alpha value is -2.21. The van der Waals surface area contributed by atoms with Gasteiger partial charge in [0.05, 0.1) is 17.2 Å². The van der Waals surface area contributed by atoms with Crippen LogP contribution in [0.25, 0.3) is 0 Å². The van der Waals surface area contributed by atoms with Crippen molar-refractivity contribution in [2.24, 2.45) is 0 Å². The first-order chi connectivity index (χ1) is 11.5. The molecule has 6 nitrogen and oxygen atoms in total. The van der Waals surface area contributed by atoms with Crippen LogP contribution in [0, 0.1) is 0 Å². The Balaban J connectivity index is 1.57. The van der Waals surface area contributed by atoms with Crippen LogP contribution in [0.5, 0.6) is 0 Å². The minimum atomic E-state index is -0.192. The van der Waals surface area contributed by atoms with Crippen molar-refractivity contribution in [1.29, 1.82) is 0 Å². The van der Waals surface area contributed by atoms with E-state index in [1.807, 2.05) is 0 Å². The van der Waals surface area contributed by atoms with E-state index in [2.05, 4.69) is 0 Å². The van der Waals surface area contributed by atoms with Crippen LogP contribution in [-0.2, 0) is 9.53 Å². The van der Waals surface area contributed by atoms with Crippen molar-refractivity contribution in [2.45, 2.75) is 37.8 Å². The van der Waals surface area contributed by atoms with Gasteiger partial charge in [0.25, 0.3) is 11.8 Å². The van der Waals surface area contributed by atoms with Crippen molar-refractivity contribution in [3.8, 4) is 0 Å². The zero-order chi connectivity index (χ0) is 17.3. The Morgan fingerprint density at radius 3 is 2.12 bits per heavy atom. The van der Waals surface area contributed by atoms with Crippen molar-refractivity contribution < 1.29 is 19.1 Å². The molecule has 3 amide bonds. The number of benzene rings is 1. The molecule has 2 aliphatic rings.